The van der Waals surface area contributed by atoms with Crippen molar-refractivity contribution in [1.29, 1.82) is 5.26 Å². The molecule has 1 N–H and O–H groups in total. The molecular formula is C21H23N7O. The SMILES string of the molecule is C[C@H]1C[C@@H](NC(=O)Cc2cn(C)cn2)CN(c2ccc(C#N)c3nccnc23)C1. The number of aromatic nitrogens is 4. The summed E-state index contributed by atoms with van der Waals surface area (Å²) >= 11 is 0. The maximum atomic E-state index is 12.5. The first kappa shape index (κ1) is 18.9. The number of anilines is 1. The third kappa shape index (κ3) is 4.04. The third-order valence-corrected chi connectivity index (χ3v) is 5.19. The molecule has 1 aliphatic rings. The molecule has 148 valence electrons. The zero-order chi connectivity index (χ0) is 20.4. The van der Waals surface area contributed by atoms with Gasteiger partial charge in [-0.25, -0.2) is 4.98 Å². The van der Waals surface area contributed by atoms with E-state index in [2.05, 4.69) is 38.2 Å². The van der Waals surface area contributed by atoms with Gasteiger partial charge in [0, 0.05) is 44.8 Å². The molecule has 8 heteroatoms. The van der Waals surface area contributed by atoms with E-state index in [0.717, 1.165) is 29.9 Å². The van der Waals surface area contributed by atoms with Crippen molar-refractivity contribution in [1.82, 2.24) is 24.8 Å². The van der Waals surface area contributed by atoms with Crippen LogP contribution >= 0.6 is 0 Å². The van der Waals surface area contributed by atoms with Gasteiger partial charge < -0.3 is 14.8 Å². The topological polar surface area (TPSA) is 99.7 Å². The second-order valence-corrected chi connectivity index (χ2v) is 7.72. The highest BCUT2D eigenvalue weighted by Crippen LogP contribution is 2.30. The maximum absolute atomic E-state index is 12.5. The second-order valence-electron chi connectivity index (χ2n) is 7.72. The summed E-state index contributed by atoms with van der Waals surface area (Å²) < 4.78 is 1.84. The van der Waals surface area contributed by atoms with Gasteiger partial charge in [-0.15, -0.1) is 0 Å². The lowest BCUT2D eigenvalue weighted by Gasteiger charge is -2.38. The molecule has 0 radical (unpaired) electrons. The molecule has 8 nitrogen and oxygen atoms in total. The Morgan fingerprint density at radius 2 is 2.03 bits per heavy atom. The van der Waals surface area contributed by atoms with Crippen LogP contribution in [0.15, 0.2) is 37.1 Å². The number of nitriles is 1. The van der Waals surface area contributed by atoms with E-state index in [4.69, 9.17) is 0 Å². The van der Waals surface area contributed by atoms with Gasteiger partial charge in [-0.05, 0) is 24.5 Å². The molecule has 0 spiro atoms. The Kier molecular flexibility index (Phi) is 5.12. The summed E-state index contributed by atoms with van der Waals surface area (Å²) in [7, 11) is 1.89. The quantitative estimate of drug-likeness (QED) is 0.730. The lowest BCUT2D eigenvalue weighted by molar-refractivity contribution is -0.121. The standard InChI is InChI=1S/C21H23N7O/c1-14-7-17(26-19(29)8-16-11-27(2)13-25-16)12-28(10-14)18-4-3-15(9-22)20-21(18)24-6-5-23-20/h3-6,11,13-14,17H,7-8,10,12H2,1-2H3,(H,26,29)/t14-,17+/m0/s1. The number of fused-ring (bicyclic) bond motifs is 1. The zero-order valence-electron chi connectivity index (χ0n) is 16.5. The van der Waals surface area contributed by atoms with Crippen molar-refractivity contribution in [2.24, 2.45) is 13.0 Å². The number of nitrogens with zero attached hydrogens (tertiary/aromatic N) is 6. The molecule has 29 heavy (non-hydrogen) atoms. The number of imidazole rings is 1. The molecule has 1 amide bonds. The number of piperidine rings is 1. The summed E-state index contributed by atoms with van der Waals surface area (Å²) in [6.45, 7) is 3.74. The predicted molar refractivity (Wildman–Crippen MR) is 109 cm³/mol. The molecule has 0 aliphatic carbocycles. The van der Waals surface area contributed by atoms with Gasteiger partial charge in [0.1, 0.15) is 17.1 Å². The monoisotopic (exact) mass is 389 g/mol. The largest absolute Gasteiger partial charge is 0.367 e. The van der Waals surface area contributed by atoms with Gasteiger partial charge in [-0.1, -0.05) is 6.92 Å². The number of carbonyl (C=O) groups is 1. The molecule has 1 fully saturated rings. The van der Waals surface area contributed by atoms with Crippen LogP contribution in [0.25, 0.3) is 11.0 Å². The van der Waals surface area contributed by atoms with E-state index in [0.29, 0.717) is 23.5 Å². The van der Waals surface area contributed by atoms with Crippen LogP contribution in [0.2, 0.25) is 0 Å². The van der Waals surface area contributed by atoms with Gasteiger partial charge in [0.2, 0.25) is 5.91 Å². The van der Waals surface area contributed by atoms with Crippen molar-refractivity contribution in [2.75, 3.05) is 18.0 Å². The van der Waals surface area contributed by atoms with Crippen LogP contribution in [0.3, 0.4) is 0 Å². The molecule has 4 rings (SSSR count). The zero-order valence-corrected chi connectivity index (χ0v) is 16.5. The van der Waals surface area contributed by atoms with Crippen LogP contribution < -0.4 is 10.2 Å². The number of carbonyl (C=O) groups excluding carboxylic acids is 1. The molecule has 1 aliphatic heterocycles. The minimum Gasteiger partial charge on any atom is -0.367 e. The van der Waals surface area contributed by atoms with Crippen molar-refractivity contribution < 1.29 is 4.79 Å². The normalized spacial score (nSPS) is 19.1. The fraction of sp³-hybridized carbons (Fsp3) is 0.381. The Labute approximate surface area is 169 Å². The van der Waals surface area contributed by atoms with Crippen LogP contribution in [0.4, 0.5) is 5.69 Å². The van der Waals surface area contributed by atoms with Gasteiger partial charge in [-0.3, -0.25) is 14.8 Å². The molecule has 2 aromatic heterocycles. The van der Waals surface area contributed by atoms with Gasteiger partial charge in [0.25, 0.3) is 0 Å². The van der Waals surface area contributed by atoms with Gasteiger partial charge >= 0.3 is 0 Å². The van der Waals surface area contributed by atoms with Crippen molar-refractivity contribution in [3.8, 4) is 6.07 Å². The van der Waals surface area contributed by atoms with E-state index in [1.807, 2.05) is 23.9 Å². The highest BCUT2D eigenvalue weighted by atomic mass is 16.1. The van der Waals surface area contributed by atoms with E-state index in [9.17, 15) is 10.1 Å². The molecule has 0 unspecified atom stereocenters. The van der Waals surface area contributed by atoms with Crippen molar-refractivity contribution in [2.45, 2.75) is 25.8 Å². The van der Waals surface area contributed by atoms with E-state index >= 15 is 0 Å². The number of hydrogen-bond acceptors (Lipinski definition) is 6. The Morgan fingerprint density at radius 1 is 1.24 bits per heavy atom. The van der Waals surface area contributed by atoms with Crippen LogP contribution in [0.5, 0.6) is 0 Å². The predicted octanol–water partition coefficient (Wildman–Crippen LogP) is 1.81. The van der Waals surface area contributed by atoms with E-state index < -0.39 is 0 Å². The van der Waals surface area contributed by atoms with E-state index in [1.54, 1.807) is 24.8 Å². The number of hydrogen-bond donors (Lipinski definition) is 1. The van der Waals surface area contributed by atoms with Crippen LogP contribution in [-0.4, -0.2) is 44.6 Å². The average Bonchev–Trinajstić information content (AvgIpc) is 3.11. The van der Waals surface area contributed by atoms with E-state index in [-0.39, 0.29) is 18.4 Å². The number of amides is 1. The van der Waals surface area contributed by atoms with Crippen molar-refractivity contribution in [3.63, 3.8) is 0 Å². The Bertz CT molecular complexity index is 1080. The summed E-state index contributed by atoms with van der Waals surface area (Å²) in [6.07, 6.45) is 8.00. The highest BCUT2D eigenvalue weighted by molar-refractivity contribution is 5.92. The molecule has 2 atom stereocenters. The number of aryl methyl sites for hydroxylation is 1. The lowest BCUT2D eigenvalue weighted by atomic mass is 9.95. The Balaban J connectivity index is 1.53. The number of benzene rings is 1. The first-order chi connectivity index (χ1) is 14.0. The molecule has 0 saturated carbocycles. The third-order valence-electron chi connectivity index (χ3n) is 5.19. The second kappa shape index (κ2) is 7.87. The number of nitrogens with one attached hydrogen (secondary N) is 1. The molecule has 1 aromatic carbocycles. The van der Waals surface area contributed by atoms with Crippen molar-refractivity contribution >= 4 is 22.6 Å². The molecule has 3 aromatic rings. The fourth-order valence-electron chi connectivity index (χ4n) is 4.04. The molecule has 0 bridgehead atoms. The maximum Gasteiger partial charge on any atom is 0.226 e. The summed E-state index contributed by atoms with van der Waals surface area (Å²) in [5, 5.41) is 12.5. The lowest BCUT2D eigenvalue weighted by Crippen LogP contribution is -2.50. The van der Waals surface area contributed by atoms with Crippen LogP contribution in [0.1, 0.15) is 24.6 Å². The van der Waals surface area contributed by atoms with Crippen LogP contribution in [0, 0.1) is 17.2 Å². The summed E-state index contributed by atoms with van der Waals surface area (Å²) in [6, 6.07) is 5.95. The molecular weight excluding hydrogens is 366 g/mol. The minimum absolute atomic E-state index is 0.0211. The minimum atomic E-state index is -0.0211. The van der Waals surface area contributed by atoms with Gasteiger partial charge in [-0.2, -0.15) is 5.26 Å². The Morgan fingerprint density at radius 3 is 2.76 bits per heavy atom. The highest BCUT2D eigenvalue weighted by Gasteiger charge is 2.27. The van der Waals surface area contributed by atoms with Gasteiger partial charge in [0.05, 0.1) is 29.7 Å². The first-order valence-electron chi connectivity index (χ1n) is 9.68. The summed E-state index contributed by atoms with van der Waals surface area (Å²) in [5.41, 5.74) is 3.56. The van der Waals surface area contributed by atoms with Crippen LogP contribution in [-0.2, 0) is 18.3 Å². The molecule has 3 heterocycles. The molecule has 1 saturated heterocycles. The number of rotatable bonds is 4. The Hall–Kier alpha value is -3.47. The summed E-state index contributed by atoms with van der Waals surface area (Å²) in [5.74, 6) is 0.387. The first-order valence-corrected chi connectivity index (χ1v) is 9.68. The van der Waals surface area contributed by atoms with E-state index in [1.165, 1.54) is 0 Å². The van der Waals surface area contributed by atoms with Crippen molar-refractivity contribution in [3.05, 3.63) is 48.3 Å². The summed E-state index contributed by atoms with van der Waals surface area (Å²) in [4.78, 5) is 27.8. The fourth-order valence-corrected chi connectivity index (χ4v) is 4.04. The van der Waals surface area contributed by atoms with Gasteiger partial charge in [0.15, 0.2) is 0 Å². The average molecular weight is 389 g/mol. The smallest absolute Gasteiger partial charge is 0.226 e.